The molecule has 16 heavy (non-hydrogen) atoms. The summed E-state index contributed by atoms with van der Waals surface area (Å²) in [5.41, 5.74) is 0.498. The van der Waals surface area contributed by atoms with Crippen LogP contribution in [0.25, 0.3) is 0 Å². The highest BCUT2D eigenvalue weighted by atomic mass is 32.2. The van der Waals surface area contributed by atoms with E-state index in [9.17, 15) is 13.2 Å². The number of hydrogen-bond donors (Lipinski definition) is 3. The molecule has 0 saturated heterocycles. The molecule has 0 spiro atoms. The van der Waals surface area contributed by atoms with Gasteiger partial charge in [0.2, 0.25) is 10.0 Å². The summed E-state index contributed by atoms with van der Waals surface area (Å²) in [4.78, 5) is 11.1. The zero-order chi connectivity index (χ0) is 12.2. The van der Waals surface area contributed by atoms with E-state index in [0.29, 0.717) is 12.2 Å². The van der Waals surface area contributed by atoms with E-state index in [4.69, 9.17) is 5.14 Å². The van der Waals surface area contributed by atoms with E-state index in [1.165, 1.54) is 24.3 Å². The summed E-state index contributed by atoms with van der Waals surface area (Å²) in [6, 6.07) is 5.25. The summed E-state index contributed by atoms with van der Waals surface area (Å²) in [6.07, 6.45) is 0. The molecule has 0 atom stereocenters. The van der Waals surface area contributed by atoms with Crippen molar-refractivity contribution in [2.75, 3.05) is 11.9 Å². The molecule has 1 aromatic rings. The Kier molecular flexibility index (Phi) is 3.86. The lowest BCUT2D eigenvalue weighted by Gasteiger charge is -2.06. The normalized spacial score (nSPS) is 10.9. The lowest BCUT2D eigenvalue weighted by Crippen LogP contribution is -2.28. The van der Waals surface area contributed by atoms with Crippen molar-refractivity contribution in [3.05, 3.63) is 24.3 Å². The van der Waals surface area contributed by atoms with Crippen LogP contribution in [0.1, 0.15) is 6.92 Å². The van der Waals surface area contributed by atoms with Crippen molar-refractivity contribution in [1.29, 1.82) is 0 Å². The van der Waals surface area contributed by atoms with Gasteiger partial charge in [-0.15, -0.1) is 0 Å². The molecule has 6 nitrogen and oxygen atoms in total. The third kappa shape index (κ3) is 3.52. The number of benzene rings is 1. The van der Waals surface area contributed by atoms with E-state index in [2.05, 4.69) is 10.6 Å². The van der Waals surface area contributed by atoms with Crippen LogP contribution in [0, 0.1) is 0 Å². The largest absolute Gasteiger partial charge is 0.338 e. The number of amides is 2. The number of anilines is 1. The van der Waals surface area contributed by atoms with Crippen LogP contribution in [-0.4, -0.2) is 21.0 Å². The van der Waals surface area contributed by atoms with Crippen molar-refractivity contribution >= 4 is 21.7 Å². The predicted molar refractivity (Wildman–Crippen MR) is 60.5 cm³/mol. The molecule has 0 aromatic heterocycles. The van der Waals surface area contributed by atoms with Crippen LogP contribution in [0.2, 0.25) is 0 Å². The third-order valence-electron chi connectivity index (χ3n) is 1.78. The fraction of sp³-hybridized carbons (Fsp3) is 0.222. The van der Waals surface area contributed by atoms with Crippen LogP contribution >= 0.6 is 0 Å². The molecular formula is C9H13N3O3S. The molecule has 0 aliphatic carbocycles. The molecule has 2 amide bonds. The molecule has 0 bridgehead atoms. The quantitative estimate of drug-likeness (QED) is 0.719. The van der Waals surface area contributed by atoms with Crippen LogP contribution in [0.5, 0.6) is 0 Å². The highest BCUT2D eigenvalue weighted by molar-refractivity contribution is 7.89. The van der Waals surface area contributed by atoms with Gasteiger partial charge in [0.15, 0.2) is 0 Å². The van der Waals surface area contributed by atoms with E-state index < -0.39 is 10.0 Å². The second-order valence-electron chi connectivity index (χ2n) is 3.05. The number of sulfonamides is 1. The summed E-state index contributed by atoms with van der Waals surface area (Å²) < 4.78 is 21.9. The maximum absolute atomic E-state index is 11.1. The molecule has 0 heterocycles. The van der Waals surface area contributed by atoms with Crippen molar-refractivity contribution in [3.63, 3.8) is 0 Å². The van der Waals surface area contributed by atoms with E-state index in [1.54, 1.807) is 6.92 Å². The Bertz CT molecular complexity index is 467. The average molecular weight is 243 g/mol. The fourth-order valence-corrected chi connectivity index (χ4v) is 1.58. The first-order chi connectivity index (χ1) is 7.43. The molecule has 88 valence electrons. The number of nitrogens with one attached hydrogen (secondary N) is 2. The summed E-state index contributed by atoms with van der Waals surface area (Å²) in [6.45, 7) is 2.31. The Morgan fingerprint density at radius 1 is 1.31 bits per heavy atom. The Labute approximate surface area is 93.9 Å². The fourth-order valence-electron chi connectivity index (χ4n) is 1.06. The van der Waals surface area contributed by atoms with E-state index >= 15 is 0 Å². The minimum absolute atomic E-state index is 0.00829. The average Bonchev–Trinajstić information content (AvgIpc) is 2.17. The standard InChI is InChI=1S/C9H13N3O3S/c1-2-11-9(13)12-7-3-5-8(6-4-7)16(10,14)15/h3-6H,2H2,1H3,(H2,10,14,15)(H2,11,12,13). The summed E-state index contributed by atoms with van der Waals surface area (Å²) in [5.74, 6) is 0. The lowest BCUT2D eigenvalue weighted by molar-refractivity contribution is 0.252. The molecule has 0 aliphatic heterocycles. The van der Waals surface area contributed by atoms with Crippen molar-refractivity contribution in [2.45, 2.75) is 11.8 Å². The molecule has 0 fully saturated rings. The van der Waals surface area contributed by atoms with Gasteiger partial charge in [-0.05, 0) is 31.2 Å². The van der Waals surface area contributed by atoms with Crippen molar-refractivity contribution in [1.82, 2.24) is 5.32 Å². The van der Waals surface area contributed by atoms with Gasteiger partial charge in [-0.2, -0.15) is 0 Å². The highest BCUT2D eigenvalue weighted by Gasteiger charge is 2.07. The van der Waals surface area contributed by atoms with Gasteiger partial charge in [-0.1, -0.05) is 0 Å². The van der Waals surface area contributed by atoms with Gasteiger partial charge in [0, 0.05) is 12.2 Å². The zero-order valence-electron chi connectivity index (χ0n) is 8.73. The molecule has 0 saturated carbocycles. The SMILES string of the molecule is CCNC(=O)Nc1ccc(S(N)(=O)=O)cc1. The topological polar surface area (TPSA) is 101 Å². The first-order valence-corrected chi connectivity index (χ1v) is 6.16. The molecule has 1 aromatic carbocycles. The van der Waals surface area contributed by atoms with Gasteiger partial charge >= 0.3 is 6.03 Å². The Hall–Kier alpha value is -1.60. The Morgan fingerprint density at radius 3 is 2.31 bits per heavy atom. The van der Waals surface area contributed by atoms with Crippen LogP contribution in [-0.2, 0) is 10.0 Å². The van der Waals surface area contributed by atoms with Gasteiger partial charge in [0.05, 0.1) is 4.90 Å². The van der Waals surface area contributed by atoms with Gasteiger partial charge in [-0.25, -0.2) is 18.4 Å². The smallest absolute Gasteiger partial charge is 0.319 e. The van der Waals surface area contributed by atoms with Crippen molar-refractivity contribution < 1.29 is 13.2 Å². The van der Waals surface area contributed by atoms with E-state index in [-0.39, 0.29) is 10.9 Å². The number of hydrogen-bond acceptors (Lipinski definition) is 3. The third-order valence-corrected chi connectivity index (χ3v) is 2.71. The van der Waals surface area contributed by atoms with Gasteiger partial charge in [0.25, 0.3) is 0 Å². The van der Waals surface area contributed by atoms with Gasteiger partial charge < -0.3 is 10.6 Å². The number of nitrogens with two attached hydrogens (primary N) is 1. The molecule has 1 rings (SSSR count). The number of urea groups is 1. The van der Waals surface area contributed by atoms with E-state index in [0.717, 1.165) is 0 Å². The zero-order valence-corrected chi connectivity index (χ0v) is 9.54. The molecule has 0 aliphatic rings. The predicted octanol–water partition coefficient (Wildman–Crippen LogP) is 0.475. The molecule has 0 radical (unpaired) electrons. The monoisotopic (exact) mass is 243 g/mol. The van der Waals surface area contributed by atoms with E-state index in [1.807, 2.05) is 0 Å². The lowest BCUT2D eigenvalue weighted by atomic mass is 10.3. The second kappa shape index (κ2) is 4.95. The summed E-state index contributed by atoms with van der Waals surface area (Å²) in [7, 11) is -3.69. The molecular weight excluding hydrogens is 230 g/mol. The number of carbonyl (C=O) groups is 1. The Balaban J connectivity index is 2.76. The molecule has 0 unspecified atom stereocenters. The second-order valence-corrected chi connectivity index (χ2v) is 4.62. The van der Waals surface area contributed by atoms with Gasteiger partial charge in [0.1, 0.15) is 0 Å². The first kappa shape index (κ1) is 12.5. The van der Waals surface area contributed by atoms with Gasteiger partial charge in [-0.3, -0.25) is 0 Å². The maximum atomic E-state index is 11.1. The maximum Gasteiger partial charge on any atom is 0.319 e. The van der Waals surface area contributed by atoms with Crippen LogP contribution in [0.3, 0.4) is 0 Å². The molecule has 4 N–H and O–H groups in total. The molecule has 7 heteroatoms. The van der Waals surface area contributed by atoms with Crippen LogP contribution < -0.4 is 15.8 Å². The number of primary sulfonamides is 1. The highest BCUT2D eigenvalue weighted by Crippen LogP contribution is 2.12. The first-order valence-electron chi connectivity index (χ1n) is 4.61. The van der Waals surface area contributed by atoms with Crippen molar-refractivity contribution in [2.24, 2.45) is 5.14 Å². The summed E-state index contributed by atoms with van der Waals surface area (Å²) >= 11 is 0. The number of rotatable bonds is 3. The summed E-state index contributed by atoms with van der Waals surface area (Å²) in [5, 5.41) is 10.0. The Morgan fingerprint density at radius 2 is 1.88 bits per heavy atom. The number of carbonyl (C=O) groups excluding carboxylic acids is 1. The minimum Gasteiger partial charge on any atom is -0.338 e. The van der Waals surface area contributed by atoms with Crippen molar-refractivity contribution in [3.8, 4) is 0 Å². The van der Waals surface area contributed by atoms with Crippen LogP contribution in [0.4, 0.5) is 10.5 Å². The van der Waals surface area contributed by atoms with Crippen LogP contribution in [0.15, 0.2) is 29.2 Å². The minimum atomic E-state index is -3.69.